The molecule has 0 heterocycles. The highest BCUT2D eigenvalue weighted by Gasteiger charge is 2.30. The summed E-state index contributed by atoms with van der Waals surface area (Å²) < 4.78 is 5.12. The van der Waals surface area contributed by atoms with E-state index in [2.05, 4.69) is 10.6 Å². The van der Waals surface area contributed by atoms with Crippen molar-refractivity contribution in [3.63, 3.8) is 0 Å². The SMILES string of the molecule is COC1CC(NC(=O)Nc2ccc(Cl)c(C(=O)O)c2)C1. The van der Waals surface area contributed by atoms with E-state index in [1.807, 2.05) is 0 Å². The van der Waals surface area contributed by atoms with Gasteiger partial charge in [-0.2, -0.15) is 0 Å². The summed E-state index contributed by atoms with van der Waals surface area (Å²) >= 11 is 5.75. The Labute approximate surface area is 121 Å². The summed E-state index contributed by atoms with van der Waals surface area (Å²) in [6.07, 6.45) is 1.77. The molecule has 108 valence electrons. The first-order valence-electron chi connectivity index (χ1n) is 6.12. The Balaban J connectivity index is 1.91. The van der Waals surface area contributed by atoms with Crippen molar-refractivity contribution in [1.82, 2.24) is 5.32 Å². The van der Waals surface area contributed by atoms with Crippen LogP contribution in [0.4, 0.5) is 10.5 Å². The van der Waals surface area contributed by atoms with Crippen molar-refractivity contribution in [2.45, 2.75) is 25.0 Å². The van der Waals surface area contributed by atoms with Gasteiger partial charge in [0.05, 0.1) is 16.7 Å². The summed E-state index contributed by atoms with van der Waals surface area (Å²) in [6, 6.07) is 4.02. The number of rotatable bonds is 4. The van der Waals surface area contributed by atoms with Gasteiger partial charge in [-0.25, -0.2) is 9.59 Å². The van der Waals surface area contributed by atoms with E-state index >= 15 is 0 Å². The minimum absolute atomic E-state index is 0.0486. The fourth-order valence-corrected chi connectivity index (χ4v) is 2.19. The molecule has 7 heteroatoms. The highest BCUT2D eigenvalue weighted by molar-refractivity contribution is 6.33. The number of nitrogens with one attached hydrogen (secondary N) is 2. The minimum Gasteiger partial charge on any atom is -0.478 e. The molecule has 0 bridgehead atoms. The van der Waals surface area contributed by atoms with E-state index in [9.17, 15) is 9.59 Å². The van der Waals surface area contributed by atoms with Crippen LogP contribution in [-0.2, 0) is 4.74 Å². The third-order valence-corrected chi connectivity index (χ3v) is 3.55. The van der Waals surface area contributed by atoms with Crippen LogP contribution < -0.4 is 10.6 Å². The zero-order chi connectivity index (χ0) is 14.7. The predicted octanol–water partition coefficient (Wildman–Crippen LogP) is 2.34. The molecule has 20 heavy (non-hydrogen) atoms. The Morgan fingerprint density at radius 2 is 2.10 bits per heavy atom. The van der Waals surface area contributed by atoms with Gasteiger partial charge < -0.3 is 20.5 Å². The average molecular weight is 299 g/mol. The van der Waals surface area contributed by atoms with Crippen LogP contribution in [0.25, 0.3) is 0 Å². The maximum Gasteiger partial charge on any atom is 0.337 e. The summed E-state index contributed by atoms with van der Waals surface area (Å²) in [5.41, 5.74) is 0.333. The lowest BCUT2D eigenvalue weighted by atomic mass is 9.89. The van der Waals surface area contributed by atoms with Gasteiger partial charge in [0.1, 0.15) is 0 Å². The van der Waals surface area contributed by atoms with Crippen LogP contribution in [0.3, 0.4) is 0 Å². The van der Waals surface area contributed by atoms with Crippen LogP contribution in [-0.4, -0.2) is 36.4 Å². The van der Waals surface area contributed by atoms with Gasteiger partial charge in [0.2, 0.25) is 0 Å². The molecular weight excluding hydrogens is 284 g/mol. The molecule has 0 aromatic heterocycles. The number of carbonyl (C=O) groups excluding carboxylic acids is 1. The topological polar surface area (TPSA) is 87.7 Å². The highest BCUT2D eigenvalue weighted by atomic mass is 35.5. The maximum atomic E-state index is 11.7. The zero-order valence-corrected chi connectivity index (χ0v) is 11.6. The van der Waals surface area contributed by atoms with E-state index in [0.717, 1.165) is 12.8 Å². The van der Waals surface area contributed by atoms with E-state index in [1.165, 1.54) is 12.1 Å². The molecule has 1 aliphatic carbocycles. The van der Waals surface area contributed by atoms with Crippen molar-refractivity contribution < 1.29 is 19.4 Å². The summed E-state index contributed by atoms with van der Waals surface area (Å²) in [7, 11) is 1.64. The number of carbonyl (C=O) groups is 2. The van der Waals surface area contributed by atoms with E-state index in [0.29, 0.717) is 5.69 Å². The van der Waals surface area contributed by atoms with Crippen LogP contribution in [0.2, 0.25) is 5.02 Å². The van der Waals surface area contributed by atoms with Crippen LogP contribution in [0.5, 0.6) is 0 Å². The number of urea groups is 1. The molecule has 0 atom stereocenters. The number of benzene rings is 1. The fraction of sp³-hybridized carbons (Fsp3) is 0.385. The molecule has 6 nitrogen and oxygen atoms in total. The van der Waals surface area contributed by atoms with Crippen molar-refractivity contribution >= 4 is 29.3 Å². The number of hydrogen-bond donors (Lipinski definition) is 3. The molecule has 1 saturated carbocycles. The zero-order valence-electron chi connectivity index (χ0n) is 10.9. The monoisotopic (exact) mass is 298 g/mol. The van der Waals surface area contributed by atoms with E-state index in [4.69, 9.17) is 21.4 Å². The van der Waals surface area contributed by atoms with Crippen molar-refractivity contribution in [1.29, 1.82) is 0 Å². The Hall–Kier alpha value is -1.79. The number of hydrogen-bond acceptors (Lipinski definition) is 3. The lowest BCUT2D eigenvalue weighted by Crippen LogP contribution is -2.48. The number of anilines is 1. The van der Waals surface area contributed by atoms with Crippen LogP contribution >= 0.6 is 11.6 Å². The van der Waals surface area contributed by atoms with Crippen molar-refractivity contribution in [3.8, 4) is 0 Å². The van der Waals surface area contributed by atoms with Crippen LogP contribution in [0, 0.1) is 0 Å². The minimum atomic E-state index is -1.14. The van der Waals surface area contributed by atoms with Gasteiger partial charge in [0.25, 0.3) is 0 Å². The summed E-state index contributed by atoms with van der Waals surface area (Å²) in [5.74, 6) is -1.14. The molecule has 0 saturated heterocycles. The van der Waals surface area contributed by atoms with Crippen LogP contribution in [0.15, 0.2) is 18.2 Å². The first-order valence-corrected chi connectivity index (χ1v) is 6.50. The molecule has 0 unspecified atom stereocenters. The molecule has 1 aromatic rings. The number of halogens is 1. The summed E-state index contributed by atoms with van der Waals surface area (Å²) in [4.78, 5) is 22.7. The third kappa shape index (κ3) is 3.40. The van der Waals surface area contributed by atoms with Gasteiger partial charge in [-0.1, -0.05) is 11.6 Å². The standard InChI is InChI=1S/C13H15ClN2O4/c1-20-9-4-8(5-9)16-13(19)15-7-2-3-11(14)10(6-7)12(17)18/h2-3,6,8-9H,4-5H2,1H3,(H,17,18)(H2,15,16,19). The molecule has 1 fully saturated rings. The number of amides is 2. The number of methoxy groups -OCH3 is 1. The quantitative estimate of drug-likeness (QED) is 0.796. The lowest BCUT2D eigenvalue weighted by molar-refractivity contribution is 0.0210. The highest BCUT2D eigenvalue weighted by Crippen LogP contribution is 2.23. The Morgan fingerprint density at radius 3 is 2.70 bits per heavy atom. The van der Waals surface area contributed by atoms with Gasteiger partial charge in [0.15, 0.2) is 0 Å². The normalized spacial score (nSPS) is 20.9. The summed E-state index contributed by atoms with van der Waals surface area (Å²) in [6.45, 7) is 0. The van der Waals surface area contributed by atoms with Crippen molar-refractivity contribution in [2.24, 2.45) is 0 Å². The molecule has 0 radical (unpaired) electrons. The molecule has 0 spiro atoms. The van der Waals surface area contributed by atoms with Gasteiger partial charge in [-0.05, 0) is 31.0 Å². The number of ether oxygens (including phenoxy) is 1. The third-order valence-electron chi connectivity index (χ3n) is 3.22. The molecule has 2 amide bonds. The second kappa shape index (κ2) is 6.11. The number of carboxylic acids is 1. The van der Waals surface area contributed by atoms with Crippen molar-refractivity contribution in [3.05, 3.63) is 28.8 Å². The van der Waals surface area contributed by atoms with E-state index in [-0.39, 0.29) is 28.8 Å². The number of carboxylic acid groups (broad SMARTS) is 1. The Kier molecular flexibility index (Phi) is 4.46. The fourth-order valence-electron chi connectivity index (χ4n) is 2.00. The first-order chi connectivity index (χ1) is 9.49. The van der Waals surface area contributed by atoms with E-state index < -0.39 is 5.97 Å². The molecule has 1 aromatic carbocycles. The van der Waals surface area contributed by atoms with Gasteiger partial charge in [0, 0.05) is 18.8 Å². The smallest absolute Gasteiger partial charge is 0.337 e. The molecule has 3 N–H and O–H groups in total. The van der Waals surface area contributed by atoms with Gasteiger partial charge in [-0.3, -0.25) is 0 Å². The first kappa shape index (κ1) is 14.6. The Morgan fingerprint density at radius 1 is 1.40 bits per heavy atom. The van der Waals surface area contributed by atoms with Crippen LogP contribution in [0.1, 0.15) is 23.2 Å². The predicted molar refractivity (Wildman–Crippen MR) is 74.4 cm³/mol. The van der Waals surface area contributed by atoms with E-state index in [1.54, 1.807) is 13.2 Å². The summed E-state index contributed by atoms with van der Waals surface area (Å²) in [5, 5.41) is 14.4. The molecule has 0 aliphatic heterocycles. The molecule has 2 rings (SSSR count). The maximum absolute atomic E-state index is 11.7. The second-order valence-electron chi connectivity index (χ2n) is 4.62. The molecule has 1 aliphatic rings. The van der Waals surface area contributed by atoms with Crippen molar-refractivity contribution in [2.75, 3.05) is 12.4 Å². The van der Waals surface area contributed by atoms with Gasteiger partial charge >= 0.3 is 12.0 Å². The van der Waals surface area contributed by atoms with Gasteiger partial charge in [-0.15, -0.1) is 0 Å². The largest absolute Gasteiger partial charge is 0.478 e. The average Bonchev–Trinajstić information content (AvgIpc) is 2.35. The number of aromatic carboxylic acids is 1. The second-order valence-corrected chi connectivity index (χ2v) is 5.03. The Bertz CT molecular complexity index is 529. The lowest BCUT2D eigenvalue weighted by Gasteiger charge is -2.34. The molecular formula is C13H15ClN2O4.